The average Bonchev–Trinajstić information content (AvgIpc) is 3.00. The van der Waals surface area contributed by atoms with Crippen LogP contribution >= 0.6 is 11.3 Å². The van der Waals surface area contributed by atoms with Crippen molar-refractivity contribution >= 4 is 17.4 Å². The summed E-state index contributed by atoms with van der Waals surface area (Å²) in [7, 11) is 0. The smallest absolute Gasteiger partial charge is 0.410 e. The Morgan fingerprint density at radius 1 is 1.62 bits per heavy atom. The van der Waals surface area contributed by atoms with Crippen molar-refractivity contribution in [3.05, 3.63) is 21.9 Å². The maximum absolute atomic E-state index is 12.4. The van der Waals surface area contributed by atoms with E-state index in [1.54, 1.807) is 32.1 Å². The molecule has 1 saturated carbocycles. The highest BCUT2D eigenvalue weighted by Crippen LogP contribution is 2.55. The van der Waals surface area contributed by atoms with Crippen molar-refractivity contribution in [1.82, 2.24) is 4.90 Å². The number of thiophene rings is 1. The molecule has 3 rings (SSSR count). The van der Waals surface area contributed by atoms with Gasteiger partial charge in [-0.3, -0.25) is 0 Å². The lowest BCUT2D eigenvalue weighted by atomic mass is 9.93. The van der Waals surface area contributed by atoms with Crippen molar-refractivity contribution in [2.45, 2.75) is 50.7 Å². The van der Waals surface area contributed by atoms with E-state index in [0.29, 0.717) is 6.61 Å². The minimum atomic E-state index is -2.57. The van der Waals surface area contributed by atoms with E-state index in [4.69, 9.17) is 13.6 Å². The topological polar surface area (TPSA) is 38.8 Å². The molecule has 1 atom stereocenters. The van der Waals surface area contributed by atoms with Crippen LogP contribution in [0.15, 0.2) is 11.4 Å². The minimum absolute atomic E-state index is 0.0327. The first-order valence-corrected chi connectivity index (χ1v) is 8.10. The van der Waals surface area contributed by atoms with Gasteiger partial charge in [0.05, 0.1) is 13.2 Å². The first-order valence-electron chi connectivity index (χ1n) is 8.72. The molecule has 0 N–H and O–H groups in total. The maximum Gasteiger partial charge on any atom is 0.410 e. The van der Waals surface area contributed by atoms with Gasteiger partial charge in [-0.05, 0) is 50.6 Å². The summed E-state index contributed by atoms with van der Waals surface area (Å²) in [6, 6.07) is 2.11. The second kappa shape index (κ2) is 4.99. The van der Waals surface area contributed by atoms with E-state index in [2.05, 4.69) is 6.07 Å². The Labute approximate surface area is 134 Å². The number of carbonyl (C=O) groups excluding carboxylic acids is 1. The Hall–Kier alpha value is -1.07. The zero-order valence-electron chi connectivity index (χ0n) is 15.6. The molecule has 5 heteroatoms. The molecule has 1 aliphatic heterocycles. The van der Waals surface area contributed by atoms with E-state index < -0.39 is 24.8 Å². The molecule has 21 heavy (non-hydrogen) atoms. The van der Waals surface area contributed by atoms with Crippen LogP contribution in [0.1, 0.15) is 54.3 Å². The van der Waals surface area contributed by atoms with Crippen molar-refractivity contribution in [1.29, 1.82) is 0 Å². The van der Waals surface area contributed by atoms with Crippen LogP contribution in [0.4, 0.5) is 4.79 Å². The third-order valence-electron chi connectivity index (χ3n) is 3.94. The summed E-state index contributed by atoms with van der Waals surface area (Å²) in [6.45, 7) is 3.13. The summed E-state index contributed by atoms with van der Waals surface area (Å²) in [4.78, 5) is 14.2. The van der Waals surface area contributed by atoms with Crippen LogP contribution in [0.5, 0.6) is 0 Å². The second-order valence-electron chi connectivity index (χ2n) is 6.87. The molecule has 2 aliphatic rings. The van der Waals surface area contributed by atoms with Gasteiger partial charge in [-0.25, -0.2) is 4.79 Å². The fourth-order valence-electron chi connectivity index (χ4n) is 2.68. The van der Waals surface area contributed by atoms with Crippen molar-refractivity contribution in [3.8, 4) is 0 Å². The summed E-state index contributed by atoms with van der Waals surface area (Å²) in [6.07, 6.45) is 0.965. The molecule has 2 heterocycles. The van der Waals surface area contributed by atoms with E-state index in [0.717, 1.165) is 22.6 Å². The molecule has 0 saturated heterocycles. The van der Waals surface area contributed by atoms with Crippen LogP contribution in [0.2, 0.25) is 0 Å². The predicted molar refractivity (Wildman–Crippen MR) is 82.8 cm³/mol. The number of hydrogen-bond donors (Lipinski definition) is 0. The van der Waals surface area contributed by atoms with Crippen LogP contribution < -0.4 is 0 Å². The molecule has 0 aromatic carbocycles. The molecular formula is C16H23NO3S. The number of amides is 1. The lowest BCUT2D eigenvalue weighted by molar-refractivity contribution is -0.00925. The van der Waals surface area contributed by atoms with Crippen molar-refractivity contribution in [2.24, 2.45) is 0 Å². The van der Waals surface area contributed by atoms with E-state index in [1.165, 1.54) is 5.56 Å². The van der Waals surface area contributed by atoms with E-state index >= 15 is 0 Å². The van der Waals surface area contributed by atoms with E-state index in [-0.39, 0.29) is 12.0 Å². The summed E-state index contributed by atoms with van der Waals surface area (Å²) >= 11 is 1.57. The molecular weight excluding hydrogens is 286 g/mol. The van der Waals surface area contributed by atoms with Gasteiger partial charge in [0, 0.05) is 21.4 Å². The number of carbonyl (C=O) groups is 1. The van der Waals surface area contributed by atoms with Gasteiger partial charge in [0.25, 0.3) is 0 Å². The zero-order chi connectivity index (χ0) is 17.8. The van der Waals surface area contributed by atoms with Crippen LogP contribution in [-0.4, -0.2) is 36.7 Å². The first-order chi connectivity index (χ1) is 11.0. The lowest BCUT2D eigenvalue weighted by Gasteiger charge is -2.32. The van der Waals surface area contributed by atoms with Gasteiger partial charge in [0.1, 0.15) is 11.7 Å². The third kappa shape index (κ3) is 2.94. The SMILES string of the molecule is [2H]C([2H])([2H])N(CC1OCC2(CC2)c2ccsc21)C(=O)OC(C)(C)C. The Balaban J connectivity index is 1.80. The Morgan fingerprint density at radius 2 is 2.38 bits per heavy atom. The van der Waals surface area contributed by atoms with Gasteiger partial charge in [-0.2, -0.15) is 0 Å². The normalized spacial score (nSPS) is 25.5. The van der Waals surface area contributed by atoms with Gasteiger partial charge in [-0.1, -0.05) is 0 Å². The van der Waals surface area contributed by atoms with Crippen LogP contribution in [0.3, 0.4) is 0 Å². The minimum Gasteiger partial charge on any atom is -0.444 e. The van der Waals surface area contributed by atoms with Gasteiger partial charge < -0.3 is 14.4 Å². The number of fused-ring (bicyclic) bond motifs is 2. The summed E-state index contributed by atoms with van der Waals surface area (Å²) < 4.78 is 34.3. The van der Waals surface area contributed by atoms with Gasteiger partial charge >= 0.3 is 6.09 Å². The highest BCUT2D eigenvalue weighted by molar-refractivity contribution is 7.10. The molecule has 0 radical (unpaired) electrons. The zero-order valence-corrected chi connectivity index (χ0v) is 13.5. The molecule has 0 bridgehead atoms. The molecule has 1 aliphatic carbocycles. The molecule has 4 nitrogen and oxygen atoms in total. The standard InChI is InChI=1S/C16H23NO3S/c1-15(2,3)20-14(18)17(4)9-12-13-11(5-8-21-13)16(6-7-16)10-19-12/h5,8,12H,6-7,9-10H2,1-4H3/i4D3. The number of nitrogens with zero attached hydrogens (tertiary/aromatic N) is 1. The molecule has 1 amide bonds. The van der Waals surface area contributed by atoms with Crippen LogP contribution in [-0.2, 0) is 14.9 Å². The van der Waals surface area contributed by atoms with Crippen LogP contribution in [0, 0.1) is 0 Å². The number of likely N-dealkylation sites (N-methyl/N-ethyl adjacent to an activating group) is 1. The summed E-state index contributed by atoms with van der Waals surface area (Å²) in [5.74, 6) is 0. The quantitative estimate of drug-likeness (QED) is 0.835. The largest absolute Gasteiger partial charge is 0.444 e. The average molecular weight is 312 g/mol. The summed E-state index contributed by atoms with van der Waals surface area (Å²) in [5.41, 5.74) is 0.640. The van der Waals surface area contributed by atoms with Crippen molar-refractivity contribution < 1.29 is 18.4 Å². The number of rotatable bonds is 2. The Bertz CT molecular complexity index is 631. The highest BCUT2D eigenvalue weighted by Gasteiger charge is 2.50. The van der Waals surface area contributed by atoms with E-state index in [1.807, 2.05) is 5.38 Å². The van der Waals surface area contributed by atoms with Crippen molar-refractivity contribution in [3.63, 3.8) is 0 Å². The summed E-state index contributed by atoms with van der Waals surface area (Å²) in [5, 5.41) is 2.01. The monoisotopic (exact) mass is 312 g/mol. The fourth-order valence-corrected chi connectivity index (χ4v) is 3.74. The van der Waals surface area contributed by atoms with Gasteiger partial charge in [-0.15, -0.1) is 11.3 Å². The molecule has 1 aromatic rings. The molecule has 1 aromatic heterocycles. The third-order valence-corrected chi connectivity index (χ3v) is 4.94. The van der Waals surface area contributed by atoms with Crippen molar-refractivity contribution in [2.75, 3.05) is 20.1 Å². The van der Waals surface area contributed by atoms with E-state index in [9.17, 15) is 4.79 Å². The molecule has 116 valence electrons. The fraction of sp³-hybridized carbons (Fsp3) is 0.688. The number of ether oxygens (including phenoxy) is 2. The van der Waals surface area contributed by atoms with Gasteiger partial charge in [0.2, 0.25) is 0 Å². The highest BCUT2D eigenvalue weighted by atomic mass is 32.1. The molecule has 1 unspecified atom stereocenters. The maximum atomic E-state index is 12.4. The number of hydrogen-bond acceptors (Lipinski definition) is 4. The predicted octanol–water partition coefficient (Wildman–Crippen LogP) is 3.72. The van der Waals surface area contributed by atoms with Gasteiger partial charge in [0.15, 0.2) is 0 Å². The lowest BCUT2D eigenvalue weighted by Crippen LogP contribution is -2.38. The first kappa shape index (κ1) is 11.5. The molecule has 1 spiro atoms. The second-order valence-corrected chi connectivity index (χ2v) is 7.82. The van der Waals surface area contributed by atoms with Crippen LogP contribution in [0.25, 0.3) is 0 Å². The molecule has 1 fully saturated rings. The Morgan fingerprint density at radius 3 is 3.00 bits per heavy atom. The Kier molecular flexibility index (Phi) is 2.73.